The van der Waals surface area contributed by atoms with Crippen molar-refractivity contribution in [3.8, 4) is 0 Å². The lowest BCUT2D eigenvalue weighted by atomic mass is 9.97. The molecule has 0 aliphatic carbocycles. The summed E-state index contributed by atoms with van der Waals surface area (Å²) in [6.45, 7) is 9.87. The first kappa shape index (κ1) is 13.3. The van der Waals surface area contributed by atoms with Crippen molar-refractivity contribution in [3.05, 3.63) is 23.7 Å². The van der Waals surface area contributed by atoms with E-state index >= 15 is 0 Å². The minimum atomic E-state index is -0.407. The van der Waals surface area contributed by atoms with Crippen LogP contribution in [0.15, 0.2) is 16.5 Å². The Balaban J connectivity index is 2.68. The Kier molecular flexibility index (Phi) is 4.16. The number of aryl methyl sites for hydroxylation is 1. The van der Waals surface area contributed by atoms with Crippen LogP contribution >= 0.6 is 0 Å². The van der Waals surface area contributed by atoms with Gasteiger partial charge in [0.05, 0.1) is 12.1 Å². The van der Waals surface area contributed by atoms with Crippen molar-refractivity contribution in [1.82, 2.24) is 5.32 Å². The van der Waals surface area contributed by atoms with Crippen LogP contribution in [0.5, 0.6) is 0 Å². The molecule has 2 atom stereocenters. The summed E-state index contributed by atoms with van der Waals surface area (Å²) in [7, 11) is 0. The first-order valence-corrected chi connectivity index (χ1v) is 5.91. The molecule has 0 aliphatic rings. The molecule has 3 nitrogen and oxygen atoms in total. The Hall–Kier alpha value is -0.800. The monoisotopic (exact) mass is 225 g/mol. The summed E-state index contributed by atoms with van der Waals surface area (Å²) >= 11 is 0. The molecule has 2 unspecified atom stereocenters. The highest BCUT2D eigenvalue weighted by atomic mass is 16.3. The van der Waals surface area contributed by atoms with Gasteiger partial charge in [-0.1, -0.05) is 6.92 Å². The van der Waals surface area contributed by atoms with E-state index in [-0.39, 0.29) is 11.6 Å². The van der Waals surface area contributed by atoms with Crippen molar-refractivity contribution in [2.45, 2.75) is 58.7 Å². The van der Waals surface area contributed by atoms with E-state index in [0.29, 0.717) is 0 Å². The molecule has 3 heteroatoms. The van der Waals surface area contributed by atoms with Crippen LogP contribution in [0.25, 0.3) is 0 Å². The molecule has 0 bridgehead atoms. The maximum atomic E-state index is 9.63. The second kappa shape index (κ2) is 5.02. The molecule has 0 aromatic carbocycles. The van der Waals surface area contributed by atoms with E-state index in [0.717, 1.165) is 17.9 Å². The van der Waals surface area contributed by atoms with Gasteiger partial charge in [-0.3, -0.25) is 0 Å². The zero-order valence-electron chi connectivity index (χ0n) is 10.9. The van der Waals surface area contributed by atoms with E-state index < -0.39 is 6.10 Å². The van der Waals surface area contributed by atoms with Gasteiger partial charge >= 0.3 is 0 Å². The molecule has 0 amide bonds. The summed E-state index contributed by atoms with van der Waals surface area (Å²) in [5.74, 6) is 1.92. The van der Waals surface area contributed by atoms with Crippen LogP contribution in [0.1, 0.15) is 52.2 Å². The van der Waals surface area contributed by atoms with E-state index in [1.807, 2.05) is 32.9 Å². The van der Waals surface area contributed by atoms with Gasteiger partial charge in [0.25, 0.3) is 0 Å². The minimum Gasteiger partial charge on any atom is -0.464 e. The molecule has 0 spiro atoms. The Bertz CT molecular complexity index is 328. The van der Waals surface area contributed by atoms with E-state index in [4.69, 9.17) is 4.42 Å². The van der Waals surface area contributed by atoms with Crippen LogP contribution < -0.4 is 5.32 Å². The van der Waals surface area contributed by atoms with E-state index in [9.17, 15) is 5.11 Å². The average Bonchev–Trinajstić information content (AvgIpc) is 2.64. The number of hydrogen-bond donors (Lipinski definition) is 2. The maximum absolute atomic E-state index is 9.63. The van der Waals surface area contributed by atoms with Gasteiger partial charge in [-0.15, -0.1) is 0 Å². The van der Waals surface area contributed by atoms with E-state index in [1.165, 1.54) is 0 Å². The number of aliphatic hydroxyl groups excluding tert-OH is 1. The minimum absolute atomic E-state index is 0.102. The van der Waals surface area contributed by atoms with Crippen LogP contribution in [-0.4, -0.2) is 16.7 Å². The van der Waals surface area contributed by atoms with Crippen LogP contribution in [0.3, 0.4) is 0 Å². The third kappa shape index (κ3) is 3.09. The standard InChI is InChI=1S/C13H23NO2/c1-6-11-7-8-12(16-11)9(2)14-13(4,5)10(3)15/h7-10,14-15H,6H2,1-5H3. The van der Waals surface area contributed by atoms with Gasteiger partial charge in [0, 0.05) is 12.0 Å². The lowest BCUT2D eigenvalue weighted by molar-refractivity contribution is 0.0871. The zero-order valence-corrected chi connectivity index (χ0v) is 10.9. The fraction of sp³-hybridized carbons (Fsp3) is 0.692. The van der Waals surface area contributed by atoms with Crippen molar-refractivity contribution < 1.29 is 9.52 Å². The molecule has 1 aromatic rings. The number of hydrogen-bond acceptors (Lipinski definition) is 3. The third-order valence-corrected chi connectivity index (χ3v) is 3.09. The second-order valence-electron chi connectivity index (χ2n) is 4.92. The smallest absolute Gasteiger partial charge is 0.120 e. The van der Waals surface area contributed by atoms with Crippen LogP contribution in [0.4, 0.5) is 0 Å². The fourth-order valence-corrected chi connectivity index (χ4v) is 1.57. The molecule has 2 N–H and O–H groups in total. The van der Waals surface area contributed by atoms with Crippen molar-refractivity contribution in [1.29, 1.82) is 0 Å². The molecule has 0 fully saturated rings. The summed E-state index contributed by atoms with van der Waals surface area (Å²) in [6, 6.07) is 4.10. The third-order valence-electron chi connectivity index (χ3n) is 3.09. The van der Waals surface area contributed by atoms with Gasteiger partial charge in [-0.25, -0.2) is 0 Å². The molecule has 1 rings (SSSR count). The predicted octanol–water partition coefficient (Wildman–Crippen LogP) is 2.65. The Morgan fingerprint density at radius 2 is 2.00 bits per heavy atom. The normalized spacial score (nSPS) is 16.1. The lowest BCUT2D eigenvalue weighted by Gasteiger charge is -2.32. The first-order valence-electron chi connectivity index (χ1n) is 5.91. The Morgan fingerprint density at radius 1 is 1.38 bits per heavy atom. The topological polar surface area (TPSA) is 45.4 Å². The van der Waals surface area contributed by atoms with Crippen molar-refractivity contribution in [2.75, 3.05) is 0 Å². The Labute approximate surface area is 97.9 Å². The molecule has 0 saturated heterocycles. The summed E-state index contributed by atoms with van der Waals surface area (Å²) in [5.41, 5.74) is -0.321. The molecule has 1 aromatic heterocycles. The molecular weight excluding hydrogens is 202 g/mol. The first-order chi connectivity index (χ1) is 7.36. The van der Waals surface area contributed by atoms with Gasteiger partial charge in [-0.05, 0) is 39.8 Å². The van der Waals surface area contributed by atoms with E-state index in [1.54, 1.807) is 6.92 Å². The Morgan fingerprint density at radius 3 is 2.44 bits per heavy atom. The highest BCUT2D eigenvalue weighted by molar-refractivity contribution is 5.11. The largest absolute Gasteiger partial charge is 0.464 e. The van der Waals surface area contributed by atoms with Crippen molar-refractivity contribution in [2.24, 2.45) is 0 Å². The summed E-state index contributed by atoms with van der Waals surface area (Å²) < 4.78 is 5.68. The van der Waals surface area contributed by atoms with Gasteiger partial charge in [0.2, 0.25) is 0 Å². The van der Waals surface area contributed by atoms with Crippen molar-refractivity contribution >= 4 is 0 Å². The molecule has 1 heterocycles. The summed E-state index contributed by atoms with van der Waals surface area (Å²) in [5, 5.41) is 13.0. The van der Waals surface area contributed by atoms with Crippen LogP contribution in [0, 0.1) is 0 Å². The quantitative estimate of drug-likeness (QED) is 0.809. The predicted molar refractivity (Wildman–Crippen MR) is 65.4 cm³/mol. The maximum Gasteiger partial charge on any atom is 0.120 e. The summed E-state index contributed by atoms with van der Waals surface area (Å²) in [4.78, 5) is 0. The highest BCUT2D eigenvalue weighted by Crippen LogP contribution is 2.21. The molecular formula is C13H23NO2. The number of rotatable bonds is 5. The molecule has 16 heavy (non-hydrogen) atoms. The fourth-order valence-electron chi connectivity index (χ4n) is 1.57. The molecule has 0 saturated carbocycles. The SMILES string of the molecule is CCc1ccc(C(C)NC(C)(C)C(C)O)o1. The van der Waals surface area contributed by atoms with Gasteiger partial charge in [0.1, 0.15) is 11.5 Å². The van der Waals surface area contributed by atoms with Gasteiger partial charge in [0.15, 0.2) is 0 Å². The van der Waals surface area contributed by atoms with Crippen LogP contribution in [0.2, 0.25) is 0 Å². The molecule has 0 aliphatic heterocycles. The summed E-state index contributed by atoms with van der Waals surface area (Å²) in [6.07, 6.45) is 0.502. The number of nitrogens with one attached hydrogen (secondary N) is 1. The second-order valence-corrected chi connectivity index (χ2v) is 4.92. The number of aliphatic hydroxyl groups is 1. The van der Waals surface area contributed by atoms with Gasteiger partial charge < -0.3 is 14.8 Å². The lowest BCUT2D eigenvalue weighted by Crippen LogP contribution is -2.49. The molecule has 92 valence electrons. The zero-order chi connectivity index (χ0) is 12.3. The molecule has 0 radical (unpaired) electrons. The van der Waals surface area contributed by atoms with Crippen molar-refractivity contribution in [3.63, 3.8) is 0 Å². The van der Waals surface area contributed by atoms with Crippen LogP contribution in [-0.2, 0) is 6.42 Å². The average molecular weight is 225 g/mol. The van der Waals surface area contributed by atoms with Gasteiger partial charge in [-0.2, -0.15) is 0 Å². The van der Waals surface area contributed by atoms with E-state index in [2.05, 4.69) is 12.2 Å². The highest BCUT2D eigenvalue weighted by Gasteiger charge is 2.26. The number of furan rings is 1.